The molecule has 106 valence electrons. The summed E-state index contributed by atoms with van der Waals surface area (Å²) in [7, 11) is 0. The summed E-state index contributed by atoms with van der Waals surface area (Å²) in [6.45, 7) is 1.99. The molecule has 0 amide bonds. The standard InChI is InChI=1S/C14H11N3O2S2/c1-2-11-16-14(21-17-11)20-12-7-9(13(18)19)8-5-3-4-6-10(8)15-12/h3-7H,2H2,1H3,(H,18,19). The number of aromatic nitrogens is 3. The molecular formula is C14H11N3O2S2. The van der Waals surface area contributed by atoms with Gasteiger partial charge in [0.05, 0.1) is 11.1 Å². The van der Waals surface area contributed by atoms with Crippen molar-refractivity contribution in [1.82, 2.24) is 14.3 Å². The Bertz CT molecular complexity index is 817. The Balaban J connectivity index is 2.04. The SMILES string of the molecule is CCc1nsc(Sc2cc(C(=O)O)c3ccccc3n2)n1. The van der Waals surface area contributed by atoms with Crippen molar-refractivity contribution in [2.75, 3.05) is 0 Å². The lowest BCUT2D eigenvalue weighted by Gasteiger charge is -2.04. The lowest BCUT2D eigenvalue weighted by atomic mass is 10.1. The first-order valence-corrected chi connectivity index (χ1v) is 7.90. The first kappa shape index (κ1) is 14.0. The van der Waals surface area contributed by atoms with Crippen molar-refractivity contribution in [3.05, 3.63) is 41.7 Å². The molecule has 0 radical (unpaired) electrons. The van der Waals surface area contributed by atoms with Gasteiger partial charge in [-0.2, -0.15) is 4.37 Å². The lowest BCUT2D eigenvalue weighted by Crippen LogP contribution is -1.99. The maximum Gasteiger partial charge on any atom is 0.336 e. The zero-order valence-corrected chi connectivity index (χ0v) is 12.7. The second-order valence-corrected chi connectivity index (χ2v) is 6.28. The summed E-state index contributed by atoms with van der Waals surface area (Å²) in [6.07, 6.45) is 0.780. The van der Waals surface area contributed by atoms with E-state index < -0.39 is 5.97 Å². The molecule has 0 atom stereocenters. The summed E-state index contributed by atoms with van der Waals surface area (Å²) in [5.74, 6) is -0.163. The minimum Gasteiger partial charge on any atom is -0.478 e. The van der Waals surface area contributed by atoms with E-state index in [1.165, 1.54) is 23.3 Å². The average Bonchev–Trinajstić information content (AvgIpc) is 2.94. The first-order chi connectivity index (χ1) is 10.2. The fraction of sp³-hybridized carbons (Fsp3) is 0.143. The molecule has 1 N–H and O–H groups in total. The number of aromatic carboxylic acids is 1. The molecule has 3 rings (SSSR count). The fourth-order valence-corrected chi connectivity index (χ4v) is 3.56. The van der Waals surface area contributed by atoms with Crippen molar-refractivity contribution in [2.24, 2.45) is 0 Å². The Morgan fingerprint density at radius 1 is 1.33 bits per heavy atom. The molecule has 1 aromatic carbocycles. The highest BCUT2D eigenvalue weighted by Gasteiger charge is 2.13. The van der Waals surface area contributed by atoms with Crippen LogP contribution in [0.1, 0.15) is 23.1 Å². The van der Waals surface area contributed by atoms with Crippen molar-refractivity contribution in [2.45, 2.75) is 22.7 Å². The van der Waals surface area contributed by atoms with Crippen molar-refractivity contribution in [3.8, 4) is 0 Å². The molecule has 3 aromatic rings. The monoisotopic (exact) mass is 317 g/mol. The van der Waals surface area contributed by atoms with Gasteiger partial charge in [-0.15, -0.1) is 0 Å². The molecule has 0 saturated carbocycles. The highest BCUT2D eigenvalue weighted by molar-refractivity contribution is 8.00. The molecule has 0 aliphatic rings. The molecular weight excluding hydrogens is 306 g/mol. The number of nitrogens with zero attached hydrogens (tertiary/aromatic N) is 3. The van der Waals surface area contributed by atoms with Gasteiger partial charge in [0.2, 0.25) is 0 Å². The smallest absolute Gasteiger partial charge is 0.336 e. The van der Waals surface area contributed by atoms with E-state index in [9.17, 15) is 9.90 Å². The molecule has 0 aliphatic carbocycles. The van der Waals surface area contributed by atoms with Crippen molar-refractivity contribution in [3.63, 3.8) is 0 Å². The van der Waals surface area contributed by atoms with Gasteiger partial charge in [-0.3, -0.25) is 0 Å². The molecule has 0 unspecified atom stereocenters. The topological polar surface area (TPSA) is 76.0 Å². The third-order valence-electron chi connectivity index (χ3n) is 2.88. The van der Waals surface area contributed by atoms with E-state index in [4.69, 9.17) is 0 Å². The van der Waals surface area contributed by atoms with Gasteiger partial charge in [0, 0.05) is 11.8 Å². The number of rotatable bonds is 4. The van der Waals surface area contributed by atoms with E-state index in [0.717, 1.165) is 16.6 Å². The Labute approximate surface area is 129 Å². The molecule has 5 nitrogen and oxygen atoms in total. The molecule has 2 aromatic heterocycles. The summed E-state index contributed by atoms with van der Waals surface area (Å²) in [5.41, 5.74) is 0.920. The molecule has 21 heavy (non-hydrogen) atoms. The van der Waals surface area contributed by atoms with Gasteiger partial charge in [0.15, 0.2) is 4.34 Å². The van der Waals surface area contributed by atoms with E-state index >= 15 is 0 Å². The minimum absolute atomic E-state index is 0.253. The summed E-state index contributed by atoms with van der Waals surface area (Å²) in [6, 6.07) is 8.81. The Morgan fingerprint density at radius 2 is 2.14 bits per heavy atom. The van der Waals surface area contributed by atoms with Crippen LogP contribution in [0.2, 0.25) is 0 Å². The van der Waals surface area contributed by atoms with Gasteiger partial charge < -0.3 is 5.11 Å². The maximum absolute atomic E-state index is 11.4. The van der Waals surface area contributed by atoms with Crippen LogP contribution in [0.5, 0.6) is 0 Å². The number of para-hydroxylation sites is 1. The minimum atomic E-state index is -0.957. The number of hydrogen-bond acceptors (Lipinski definition) is 6. The number of hydrogen-bond donors (Lipinski definition) is 1. The van der Waals surface area contributed by atoms with Crippen LogP contribution in [0, 0.1) is 0 Å². The summed E-state index contributed by atoms with van der Waals surface area (Å²) in [4.78, 5) is 20.3. The van der Waals surface area contributed by atoms with Gasteiger partial charge in [-0.05, 0) is 35.4 Å². The molecule has 7 heteroatoms. The molecule has 0 spiro atoms. The number of carbonyl (C=O) groups is 1. The van der Waals surface area contributed by atoms with Crippen LogP contribution < -0.4 is 0 Å². The highest BCUT2D eigenvalue weighted by Crippen LogP contribution is 2.30. The van der Waals surface area contributed by atoms with E-state index in [0.29, 0.717) is 15.9 Å². The zero-order chi connectivity index (χ0) is 14.8. The summed E-state index contributed by atoms with van der Waals surface area (Å²) >= 11 is 2.64. The largest absolute Gasteiger partial charge is 0.478 e. The van der Waals surface area contributed by atoms with Gasteiger partial charge >= 0.3 is 5.97 Å². The lowest BCUT2D eigenvalue weighted by molar-refractivity contribution is 0.0698. The van der Waals surface area contributed by atoms with Crippen LogP contribution in [0.25, 0.3) is 10.9 Å². The van der Waals surface area contributed by atoms with Crippen LogP contribution in [-0.4, -0.2) is 25.4 Å². The van der Waals surface area contributed by atoms with Gasteiger partial charge in [0.1, 0.15) is 10.9 Å². The number of fused-ring (bicyclic) bond motifs is 1. The molecule has 0 fully saturated rings. The first-order valence-electron chi connectivity index (χ1n) is 6.31. The quantitative estimate of drug-likeness (QED) is 0.793. The maximum atomic E-state index is 11.4. The summed E-state index contributed by atoms with van der Waals surface area (Å²) < 4.78 is 4.99. The Hall–Kier alpha value is -1.99. The van der Waals surface area contributed by atoms with Crippen LogP contribution in [0.15, 0.2) is 39.7 Å². The van der Waals surface area contributed by atoms with Crippen LogP contribution in [-0.2, 0) is 6.42 Å². The molecule has 2 heterocycles. The second kappa shape index (κ2) is 5.79. The molecule has 0 bridgehead atoms. The molecule has 0 saturated heterocycles. The third-order valence-corrected chi connectivity index (χ3v) is 4.59. The summed E-state index contributed by atoms with van der Waals surface area (Å²) in [5, 5.41) is 10.6. The number of benzene rings is 1. The Kier molecular flexibility index (Phi) is 3.85. The van der Waals surface area contributed by atoms with E-state index in [1.54, 1.807) is 12.1 Å². The van der Waals surface area contributed by atoms with Crippen molar-refractivity contribution in [1.29, 1.82) is 0 Å². The predicted octanol–water partition coefficient (Wildman–Crippen LogP) is 3.50. The van der Waals surface area contributed by atoms with Crippen LogP contribution in [0.3, 0.4) is 0 Å². The second-order valence-electron chi connectivity index (χ2n) is 4.26. The highest BCUT2D eigenvalue weighted by atomic mass is 32.2. The number of pyridine rings is 1. The van der Waals surface area contributed by atoms with Gasteiger partial charge in [0.25, 0.3) is 0 Å². The Morgan fingerprint density at radius 3 is 2.86 bits per heavy atom. The van der Waals surface area contributed by atoms with E-state index in [-0.39, 0.29) is 5.56 Å². The normalized spacial score (nSPS) is 10.9. The number of aryl methyl sites for hydroxylation is 1. The van der Waals surface area contributed by atoms with Gasteiger partial charge in [-0.1, -0.05) is 25.1 Å². The predicted molar refractivity (Wildman–Crippen MR) is 82.1 cm³/mol. The van der Waals surface area contributed by atoms with Crippen LogP contribution in [0.4, 0.5) is 0 Å². The van der Waals surface area contributed by atoms with E-state index in [1.807, 2.05) is 25.1 Å². The van der Waals surface area contributed by atoms with Crippen LogP contribution >= 0.6 is 23.3 Å². The van der Waals surface area contributed by atoms with E-state index in [2.05, 4.69) is 14.3 Å². The third kappa shape index (κ3) is 2.88. The van der Waals surface area contributed by atoms with Crippen molar-refractivity contribution >= 4 is 40.2 Å². The number of carboxylic acid groups (broad SMARTS) is 1. The van der Waals surface area contributed by atoms with Gasteiger partial charge in [-0.25, -0.2) is 14.8 Å². The van der Waals surface area contributed by atoms with Crippen molar-refractivity contribution < 1.29 is 9.90 Å². The molecule has 0 aliphatic heterocycles. The zero-order valence-electron chi connectivity index (χ0n) is 11.1. The average molecular weight is 317 g/mol. The fourth-order valence-electron chi connectivity index (χ4n) is 1.89. The number of carboxylic acids is 1.